The molecule has 0 N–H and O–H groups in total. The topological polar surface area (TPSA) is 37.4 Å². The number of imide groups is 1. The van der Waals surface area contributed by atoms with E-state index in [-0.39, 0.29) is 5.03 Å². The van der Waals surface area contributed by atoms with Gasteiger partial charge in [0.25, 0.3) is 11.8 Å². The molecule has 0 unspecified atom stereocenters. The highest BCUT2D eigenvalue weighted by Gasteiger charge is 2.30. The lowest BCUT2D eigenvalue weighted by Crippen LogP contribution is -2.30. The monoisotopic (exact) mass is 333 g/mol. The minimum atomic E-state index is -0.470. The van der Waals surface area contributed by atoms with Gasteiger partial charge in [0.05, 0.1) is 5.69 Å². The summed E-state index contributed by atoms with van der Waals surface area (Å²) in [4.78, 5) is 24.0. The van der Waals surface area contributed by atoms with Gasteiger partial charge in [0, 0.05) is 9.65 Å². The van der Waals surface area contributed by atoms with Gasteiger partial charge in [-0.15, -0.1) is 0 Å². The van der Waals surface area contributed by atoms with E-state index < -0.39 is 11.8 Å². The SMILES string of the molecule is O=C1C=C(Cl)C(=O)N1c1ccc(I)cc1. The second-order valence-corrected chi connectivity index (χ2v) is 4.60. The first-order chi connectivity index (χ1) is 7.09. The maximum absolute atomic E-state index is 11.5. The number of hydrogen-bond donors (Lipinski definition) is 0. The van der Waals surface area contributed by atoms with E-state index in [1.54, 1.807) is 12.1 Å². The van der Waals surface area contributed by atoms with Crippen LogP contribution in [0.5, 0.6) is 0 Å². The van der Waals surface area contributed by atoms with Gasteiger partial charge >= 0.3 is 0 Å². The molecule has 1 heterocycles. The number of carbonyl (C=O) groups excluding carboxylic acids is 2. The van der Waals surface area contributed by atoms with Gasteiger partial charge in [0.2, 0.25) is 0 Å². The third-order valence-electron chi connectivity index (χ3n) is 1.96. The van der Waals surface area contributed by atoms with E-state index in [1.807, 2.05) is 12.1 Å². The summed E-state index contributed by atoms with van der Waals surface area (Å²) in [5.74, 6) is -0.867. The smallest absolute Gasteiger partial charge is 0.269 e. The van der Waals surface area contributed by atoms with Crippen molar-refractivity contribution in [1.29, 1.82) is 0 Å². The summed E-state index contributed by atoms with van der Waals surface area (Å²) in [5, 5.41) is -0.0430. The Bertz CT molecular complexity index is 467. The van der Waals surface area contributed by atoms with Crippen molar-refractivity contribution >= 4 is 51.7 Å². The van der Waals surface area contributed by atoms with Gasteiger partial charge in [0.1, 0.15) is 5.03 Å². The highest BCUT2D eigenvalue weighted by Crippen LogP contribution is 2.24. The van der Waals surface area contributed by atoms with Crippen LogP contribution in [0.25, 0.3) is 0 Å². The van der Waals surface area contributed by atoms with E-state index in [0.29, 0.717) is 5.69 Å². The summed E-state index contributed by atoms with van der Waals surface area (Å²) < 4.78 is 1.04. The average Bonchev–Trinajstić information content (AvgIpc) is 2.44. The fraction of sp³-hybridized carbons (Fsp3) is 0. The van der Waals surface area contributed by atoms with Gasteiger partial charge in [-0.1, -0.05) is 11.6 Å². The number of rotatable bonds is 1. The Labute approximate surface area is 105 Å². The van der Waals surface area contributed by atoms with Crippen LogP contribution >= 0.6 is 34.2 Å². The zero-order chi connectivity index (χ0) is 11.0. The Kier molecular flexibility index (Phi) is 2.79. The van der Waals surface area contributed by atoms with Crippen LogP contribution in [0, 0.1) is 3.57 Å². The van der Waals surface area contributed by atoms with E-state index in [4.69, 9.17) is 11.6 Å². The second kappa shape index (κ2) is 3.94. The van der Waals surface area contributed by atoms with Crippen molar-refractivity contribution in [3.63, 3.8) is 0 Å². The van der Waals surface area contributed by atoms with Gasteiger partial charge in [-0.25, -0.2) is 4.90 Å². The molecule has 3 nitrogen and oxygen atoms in total. The van der Waals surface area contributed by atoms with Crippen LogP contribution < -0.4 is 4.90 Å². The van der Waals surface area contributed by atoms with Crippen LogP contribution in [0.3, 0.4) is 0 Å². The molecule has 15 heavy (non-hydrogen) atoms. The summed E-state index contributed by atoms with van der Waals surface area (Å²) in [6.45, 7) is 0. The third-order valence-corrected chi connectivity index (χ3v) is 2.95. The molecule has 76 valence electrons. The first kappa shape index (κ1) is 10.6. The molecule has 2 rings (SSSR count). The molecule has 0 bridgehead atoms. The predicted molar refractivity (Wildman–Crippen MR) is 65.6 cm³/mol. The Morgan fingerprint density at radius 2 is 1.73 bits per heavy atom. The fourth-order valence-electron chi connectivity index (χ4n) is 1.28. The highest BCUT2D eigenvalue weighted by molar-refractivity contribution is 14.1. The zero-order valence-electron chi connectivity index (χ0n) is 7.41. The van der Waals surface area contributed by atoms with Gasteiger partial charge in [0.15, 0.2) is 0 Å². The fourth-order valence-corrected chi connectivity index (χ4v) is 1.81. The first-order valence-corrected chi connectivity index (χ1v) is 5.56. The van der Waals surface area contributed by atoms with Crippen molar-refractivity contribution in [3.8, 4) is 0 Å². The number of halogens is 2. The molecule has 2 amide bonds. The molecule has 1 aliphatic rings. The maximum atomic E-state index is 11.5. The molecule has 1 aromatic rings. The maximum Gasteiger partial charge on any atom is 0.277 e. The van der Waals surface area contributed by atoms with E-state index in [0.717, 1.165) is 14.5 Å². The molecule has 0 aliphatic carbocycles. The lowest BCUT2D eigenvalue weighted by atomic mass is 10.3. The normalized spacial score (nSPS) is 15.9. The Hall–Kier alpha value is -0.880. The third kappa shape index (κ3) is 1.91. The van der Waals surface area contributed by atoms with Crippen molar-refractivity contribution in [2.24, 2.45) is 0 Å². The van der Waals surface area contributed by atoms with Crippen molar-refractivity contribution < 1.29 is 9.59 Å². The predicted octanol–water partition coefficient (Wildman–Crippen LogP) is 2.29. The summed E-state index contributed by atoms with van der Waals surface area (Å²) in [6.07, 6.45) is 1.13. The van der Waals surface area contributed by atoms with Gasteiger partial charge < -0.3 is 0 Å². The number of amides is 2. The molecular weight excluding hydrogens is 328 g/mol. The van der Waals surface area contributed by atoms with Crippen molar-refractivity contribution in [2.75, 3.05) is 4.90 Å². The van der Waals surface area contributed by atoms with Crippen molar-refractivity contribution in [1.82, 2.24) is 0 Å². The summed E-state index contributed by atoms with van der Waals surface area (Å²) in [6, 6.07) is 7.06. The molecule has 1 aromatic carbocycles. The van der Waals surface area contributed by atoms with Crippen LogP contribution in [0.1, 0.15) is 0 Å². The van der Waals surface area contributed by atoms with Gasteiger partial charge in [-0.05, 0) is 46.9 Å². The van der Waals surface area contributed by atoms with Crippen LogP contribution in [0.15, 0.2) is 35.4 Å². The van der Waals surface area contributed by atoms with E-state index in [2.05, 4.69) is 22.6 Å². The number of anilines is 1. The van der Waals surface area contributed by atoms with Gasteiger partial charge in [-0.3, -0.25) is 9.59 Å². The Morgan fingerprint density at radius 1 is 1.13 bits per heavy atom. The van der Waals surface area contributed by atoms with Crippen molar-refractivity contribution in [2.45, 2.75) is 0 Å². The van der Waals surface area contributed by atoms with Crippen LogP contribution in [-0.4, -0.2) is 11.8 Å². The highest BCUT2D eigenvalue weighted by atomic mass is 127. The molecule has 0 saturated heterocycles. The van der Waals surface area contributed by atoms with Gasteiger partial charge in [-0.2, -0.15) is 0 Å². The Morgan fingerprint density at radius 3 is 2.20 bits per heavy atom. The van der Waals surface area contributed by atoms with E-state index in [1.165, 1.54) is 0 Å². The molecule has 0 aromatic heterocycles. The number of hydrogen-bond acceptors (Lipinski definition) is 2. The van der Waals surface area contributed by atoms with Crippen LogP contribution in [0.4, 0.5) is 5.69 Å². The van der Waals surface area contributed by atoms with Crippen LogP contribution in [-0.2, 0) is 9.59 Å². The molecule has 0 fully saturated rings. The molecule has 0 saturated carbocycles. The van der Waals surface area contributed by atoms with Crippen LogP contribution in [0.2, 0.25) is 0 Å². The quantitative estimate of drug-likeness (QED) is 0.584. The summed E-state index contributed by atoms with van der Waals surface area (Å²) >= 11 is 7.73. The number of nitrogens with zero attached hydrogens (tertiary/aromatic N) is 1. The first-order valence-electron chi connectivity index (χ1n) is 4.11. The lowest BCUT2D eigenvalue weighted by molar-refractivity contribution is -0.120. The lowest BCUT2D eigenvalue weighted by Gasteiger charge is -2.13. The molecule has 0 radical (unpaired) electrons. The molecule has 5 heteroatoms. The zero-order valence-corrected chi connectivity index (χ0v) is 10.3. The van der Waals surface area contributed by atoms with E-state index >= 15 is 0 Å². The summed E-state index contributed by atoms with van der Waals surface area (Å²) in [5.41, 5.74) is 0.539. The largest absolute Gasteiger partial charge is 0.277 e. The molecule has 0 spiro atoms. The van der Waals surface area contributed by atoms with Crippen molar-refractivity contribution in [3.05, 3.63) is 38.9 Å². The number of carbonyl (C=O) groups is 2. The second-order valence-electron chi connectivity index (χ2n) is 2.95. The molecular formula is C10H5ClINO2. The Balaban J connectivity index is 2.38. The molecule has 1 aliphatic heterocycles. The summed E-state index contributed by atoms with van der Waals surface area (Å²) in [7, 11) is 0. The van der Waals surface area contributed by atoms with E-state index in [9.17, 15) is 9.59 Å². The minimum Gasteiger partial charge on any atom is -0.269 e. The minimum absolute atomic E-state index is 0.0430. The standard InChI is InChI=1S/C10H5ClINO2/c11-8-5-9(14)13(10(8)15)7-3-1-6(12)2-4-7/h1-5H. The number of benzene rings is 1. The molecule has 0 atom stereocenters. The average molecular weight is 334 g/mol.